The Balaban J connectivity index is 1.92. The van der Waals surface area contributed by atoms with E-state index in [1.54, 1.807) is 30.3 Å². The highest BCUT2D eigenvalue weighted by atomic mass is 32.2. The second kappa shape index (κ2) is 10.0. The normalized spacial score (nSPS) is 11.7. The van der Waals surface area contributed by atoms with Crippen molar-refractivity contribution in [2.24, 2.45) is 0 Å². The van der Waals surface area contributed by atoms with E-state index < -0.39 is 10.0 Å². The summed E-state index contributed by atoms with van der Waals surface area (Å²) in [6, 6.07) is 14.8. The number of rotatable bonds is 9. The quantitative estimate of drug-likeness (QED) is 0.494. The minimum absolute atomic E-state index is 0.124. The van der Waals surface area contributed by atoms with Gasteiger partial charge in [-0.15, -0.1) is 6.58 Å². The van der Waals surface area contributed by atoms with E-state index in [1.165, 1.54) is 17.7 Å². The van der Waals surface area contributed by atoms with Gasteiger partial charge in [-0.25, -0.2) is 13.1 Å². The fraction of sp³-hybridized carbons (Fsp3) is 0.227. The first kappa shape index (κ1) is 21.6. The molecule has 0 aliphatic rings. The van der Waals surface area contributed by atoms with Gasteiger partial charge < -0.3 is 5.32 Å². The molecule has 0 radical (unpaired) electrons. The van der Waals surface area contributed by atoms with Gasteiger partial charge in [-0.05, 0) is 40.8 Å². The number of carbonyl (C=O) groups excluding carboxylic acids is 1. The largest absolute Gasteiger partial charge is 0.323 e. The number of sulfonamides is 1. The van der Waals surface area contributed by atoms with Gasteiger partial charge in [0.05, 0.1) is 5.75 Å². The molecule has 6 heteroatoms. The van der Waals surface area contributed by atoms with E-state index in [0.717, 1.165) is 5.56 Å². The standard InChI is InChI=1S/C22H26N2O3S/c1-4-15-23-28(26,27)16-19-7-12-21(13-8-19)24-22(25)14-9-18-5-10-20(11-6-18)17(2)3/h4-14,17,23H,1,15-16H2,2-3H3,(H,24,25)/b14-9+. The summed E-state index contributed by atoms with van der Waals surface area (Å²) in [6.45, 7) is 7.95. The van der Waals surface area contributed by atoms with Crippen LogP contribution < -0.4 is 10.0 Å². The van der Waals surface area contributed by atoms with Gasteiger partial charge in [-0.2, -0.15) is 0 Å². The summed E-state index contributed by atoms with van der Waals surface area (Å²) in [6.07, 6.45) is 4.72. The zero-order valence-corrected chi connectivity index (χ0v) is 17.0. The van der Waals surface area contributed by atoms with Crippen molar-refractivity contribution in [3.63, 3.8) is 0 Å². The van der Waals surface area contributed by atoms with Gasteiger partial charge in [-0.3, -0.25) is 4.79 Å². The zero-order chi connectivity index (χ0) is 20.6. The van der Waals surface area contributed by atoms with E-state index in [2.05, 4.69) is 42.6 Å². The van der Waals surface area contributed by atoms with Crippen molar-refractivity contribution in [2.45, 2.75) is 25.5 Å². The topological polar surface area (TPSA) is 75.3 Å². The van der Waals surface area contributed by atoms with E-state index in [4.69, 9.17) is 0 Å². The van der Waals surface area contributed by atoms with Crippen LogP contribution in [0, 0.1) is 0 Å². The first-order valence-electron chi connectivity index (χ1n) is 9.05. The van der Waals surface area contributed by atoms with Crippen LogP contribution in [0.2, 0.25) is 0 Å². The number of amides is 1. The fourth-order valence-corrected chi connectivity index (χ4v) is 3.59. The van der Waals surface area contributed by atoms with Crippen LogP contribution in [0.3, 0.4) is 0 Å². The molecule has 5 nitrogen and oxygen atoms in total. The van der Waals surface area contributed by atoms with Crippen molar-refractivity contribution < 1.29 is 13.2 Å². The molecule has 28 heavy (non-hydrogen) atoms. The van der Waals surface area contributed by atoms with Crippen LogP contribution in [-0.2, 0) is 20.6 Å². The minimum atomic E-state index is -3.40. The third kappa shape index (κ3) is 7.13. The van der Waals surface area contributed by atoms with Gasteiger partial charge in [0, 0.05) is 18.3 Å². The molecule has 0 bridgehead atoms. The lowest BCUT2D eigenvalue weighted by Crippen LogP contribution is -2.25. The van der Waals surface area contributed by atoms with E-state index in [0.29, 0.717) is 17.2 Å². The molecule has 0 heterocycles. The number of anilines is 1. The Morgan fingerprint density at radius 2 is 1.71 bits per heavy atom. The Labute approximate surface area is 167 Å². The average Bonchev–Trinajstić information content (AvgIpc) is 2.66. The molecule has 0 unspecified atom stereocenters. The van der Waals surface area contributed by atoms with Crippen LogP contribution in [0.4, 0.5) is 5.69 Å². The first-order chi connectivity index (χ1) is 13.3. The van der Waals surface area contributed by atoms with Gasteiger partial charge in [0.1, 0.15) is 0 Å². The highest BCUT2D eigenvalue weighted by molar-refractivity contribution is 7.88. The van der Waals surface area contributed by atoms with Crippen molar-refractivity contribution in [2.75, 3.05) is 11.9 Å². The molecule has 2 aromatic rings. The Morgan fingerprint density at radius 1 is 1.07 bits per heavy atom. The monoisotopic (exact) mass is 398 g/mol. The van der Waals surface area contributed by atoms with Crippen LogP contribution in [-0.4, -0.2) is 20.9 Å². The summed E-state index contributed by atoms with van der Waals surface area (Å²) < 4.78 is 26.1. The molecule has 2 N–H and O–H groups in total. The van der Waals surface area contributed by atoms with E-state index >= 15 is 0 Å². The molecule has 0 saturated heterocycles. The Morgan fingerprint density at radius 3 is 2.29 bits per heavy atom. The summed E-state index contributed by atoms with van der Waals surface area (Å²) in [4.78, 5) is 12.1. The van der Waals surface area contributed by atoms with Crippen molar-refractivity contribution in [1.29, 1.82) is 0 Å². The van der Waals surface area contributed by atoms with Gasteiger partial charge in [0.15, 0.2) is 0 Å². The molecular formula is C22H26N2O3S. The van der Waals surface area contributed by atoms with Gasteiger partial charge in [0.2, 0.25) is 15.9 Å². The highest BCUT2D eigenvalue weighted by Crippen LogP contribution is 2.16. The Bertz CT molecular complexity index is 929. The van der Waals surface area contributed by atoms with Crippen LogP contribution in [0.1, 0.15) is 36.5 Å². The van der Waals surface area contributed by atoms with Crippen molar-refractivity contribution in [3.8, 4) is 0 Å². The molecule has 0 aromatic heterocycles. The molecule has 2 rings (SSSR count). The van der Waals surface area contributed by atoms with Crippen LogP contribution in [0.25, 0.3) is 6.08 Å². The number of nitrogens with one attached hydrogen (secondary N) is 2. The summed E-state index contributed by atoms with van der Waals surface area (Å²) in [5, 5.41) is 2.76. The number of benzene rings is 2. The lowest BCUT2D eigenvalue weighted by atomic mass is 10.0. The maximum absolute atomic E-state index is 12.1. The molecule has 0 saturated carbocycles. The van der Waals surface area contributed by atoms with Crippen LogP contribution in [0.15, 0.2) is 67.3 Å². The SMILES string of the molecule is C=CCNS(=O)(=O)Cc1ccc(NC(=O)/C=C/c2ccc(C(C)C)cc2)cc1. The second-order valence-electron chi connectivity index (χ2n) is 6.74. The van der Waals surface area contributed by atoms with Crippen molar-refractivity contribution >= 4 is 27.7 Å². The Kier molecular flexibility index (Phi) is 7.72. The lowest BCUT2D eigenvalue weighted by molar-refractivity contribution is -0.111. The minimum Gasteiger partial charge on any atom is -0.323 e. The summed E-state index contributed by atoms with van der Waals surface area (Å²) in [5.74, 6) is 0.0967. The van der Waals surface area contributed by atoms with E-state index in [9.17, 15) is 13.2 Å². The third-order valence-corrected chi connectivity index (χ3v) is 5.38. The Hall–Kier alpha value is -2.70. The zero-order valence-electron chi connectivity index (χ0n) is 16.2. The number of hydrogen-bond acceptors (Lipinski definition) is 3. The van der Waals surface area contributed by atoms with E-state index in [-0.39, 0.29) is 18.2 Å². The van der Waals surface area contributed by atoms with Gasteiger partial charge >= 0.3 is 0 Å². The predicted molar refractivity (Wildman–Crippen MR) is 115 cm³/mol. The van der Waals surface area contributed by atoms with Crippen LogP contribution >= 0.6 is 0 Å². The smallest absolute Gasteiger partial charge is 0.248 e. The predicted octanol–water partition coefficient (Wildman–Crippen LogP) is 4.07. The molecule has 0 aliphatic carbocycles. The van der Waals surface area contributed by atoms with Gasteiger partial charge in [-0.1, -0.05) is 56.3 Å². The summed E-state index contributed by atoms with van der Waals surface area (Å²) >= 11 is 0. The van der Waals surface area contributed by atoms with E-state index in [1.807, 2.05) is 12.1 Å². The molecular weight excluding hydrogens is 372 g/mol. The fourth-order valence-electron chi connectivity index (χ4n) is 2.49. The van der Waals surface area contributed by atoms with Gasteiger partial charge in [0.25, 0.3) is 0 Å². The maximum atomic E-state index is 12.1. The maximum Gasteiger partial charge on any atom is 0.248 e. The summed E-state index contributed by atoms with van der Waals surface area (Å²) in [5.41, 5.74) is 3.44. The molecule has 0 fully saturated rings. The number of carbonyl (C=O) groups is 1. The highest BCUT2D eigenvalue weighted by Gasteiger charge is 2.10. The van der Waals surface area contributed by atoms with Crippen LogP contribution in [0.5, 0.6) is 0 Å². The molecule has 2 aromatic carbocycles. The molecule has 0 spiro atoms. The van der Waals surface area contributed by atoms with Crippen molar-refractivity contribution in [1.82, 2.24) is 4.72 Å². The second-order valence-corrected chi connectivity index (χ2v) is 8.54. The average molecular weight is 399 g/mol. The molecule has 1 amide bonds. The third-order valence-electron chi connectivity index (χ3n) is 4.06. The number of hydrogen-bond donors (Lipinski definition) is 2. The molecule has 0 aliphatic heterocycles. The first-order valence-corrected chi connectivity index (χ1v) is 10.7. The molecule has 0 atom stereocenters. The molecule has 148 valence electrons. The lowest BCUT2D eigenvalue weighted by Gasteiger charge is -2.07. The van der Waals surface area contributed by atoms with Crippen molar-refractivity contribution in [3.05, 3.63) is 84.0 Å². The summed E-state index contributed by atoms with van der Waals surface area (Å²) in [7, 11) is -3.40.